The van der Waals surface area contributed by atoms with Crippen molar-refractivity contribution in [1.29, 1.82) is 0 Å². The summed E-state index contributed by atoms with van der Waals surface area (Å²) >= 11 is 0. The highest BCUT2D eigenvalue weighted by molar-refractivity contribution is 7.89. The molecule has 1 saturated heterocycles. The summed E-state index contributed by atoms with van der Waals surface area (Å²) in [7, 11) is -3.16. The van der Waals surface area contributed by atoms with Crippen LogP contribution in [0.4, 0.5) is 4.79 Å². The minimum Gasteiger partial charge on any atom is -0.338 e. The van der Waals surface area contributed by atoms with Crippen LogP contribution in [0.3, 0.4) is 0 Å². The first-order valence-electron chi connectivity index (χ1n) is 12.0. The van der Waals surface area contributed by atoms with E-state index in [0.29, 0.717) is 19.6 Å². The second-order valence-electron chi connectivity index (χ2n) is 10.9. The van der Waals surface area contributed by atoms with Gasteiger partial charge in [0.05, 0.1) is 5.25 Å². The van der Waals surface area contributed by atoms with Gasteiger partial charge in [0.25, 0.3) is 0 Å². The van der Waals surface area contributed by atoms with Gasteiger partial charge in [0, 0.05) is 25.2 Å². The molecule has 4 bridgehead atoms. The molecule has 6 fully saturated rings. The van der Waals surface area contributed by atoms with Crippen molar-refractivity contribution in [2.24, 2.45) is 23.7 Å². The number of nitrogens with one attached hydrogen (secondary N) is 2. The van der Waals surface area contributed by atoms with Gasteiger partial charge in [0.2, 0.25) is 10.0 Å². The number of rotatable bonds is 5. The molecule has 1 aliphatic heterocycles. The Labute approximate surface area is 175 Å². The Balaban J connectivity index is 1.10. The van der Waals surface area contributed by atoms with E-state index in [9.17, 15) is 13.2 Å². The fourth-order valence-corrected chi connectivity index (χ4v) is 9.68. The smallest absolute Gasteiger partial charge is 0.315 e. The predicted molar refractivity (Wildman–Crippen MR) is 113 cm³/mol. The normalized spacial score (nSPS) is 40.3. The van der Waals surface area contributed by atoms with Gasteiger partial charge in [-0.15, -0.1) is 0 Å². The van der Waals surface area contributed by atoms with Crippen LogP contribution in [-0.4, -0.2) is 49.2 Å². The summed E-state index contributed by atoms with van der Waals surface area (Å²) in [6.07, 6.45) is 13.3. The van der Waals surface area contributed by atoms with Crippen LogP contribution in [0.25, 0.3) is 0 Å². The summed E-state index contributed by atoms with van der Waals surface area (Å²) in [5.74, 6) is 2.68. The molecule has 164 valence electrons. The fourth-order valence-electron chi connectivity index (χ4n) is 7.55. The Morgan fingerprint density at radius 1 is 0.931 bits per heavy atom. The second kappa shape index (κ2) is 7.70. The molecule has 1 atom stereocenters. The van der Waals surface area contributed by atoms with Gasteiger partial charge in [-0.1, -0.05) is 19.3 Å². The molecule has 6 aliphatic rings. The average molecular weight is 424 g/mol. The molecule has 29 heavy (non-hydrogen) atoms. The summed E-state index contributed by atoms with van der Waals surface area (Å²) < 4.78 is 27.5. The molecule has 0 aromatic heterocycles. The van der Waals surface area contributed by atoms with Crippen LogP contribution in [0.2, 0.25) is 0 Å². The summed E-state index contributed by atoms with van der Waals surface area (Å²) in [6.45, 7) is 1.76. The van der Waals surface area contributed by atoms with Crippen LogP contribution in [0.1, 0.15) is 77.0 Å². The molecule has 7 heteroatoms. The Bertz CT molecular complexity index is 696. The van der Waals surface area contributed by atoms with Crippen LogP contribution in [0.15, 0.2) is 0 Å². The van der Waals surface area contributed by atoms with Crippen molar-refractivity contribution < 1.29 is 13.2 Å². The number of hydrogen-bond donors (Lipinski definition) is 2. The van der Waals surface area contributed by atoms with Crippen molar-refractivity contribution in [2.45, 2.75) is 87.8 Å². The monoisotopic (exact) mass is 423 g/mol. The molecule has 1 unspecified atom stereocenters. The Kier molecular flexibility index (Phi) is 5.34. The number of carbonyl (C=O) groups is 1. The molecule has 5 saturated carbocycles. The van der Waals surface area contributed by atoms with Crippen LogP contribution < -0.4 is 10.6 Å². The van der Waals surface area contributed by atoms with Crippen molar-refractivity contribution in [3.63, 3.8) is 0 Å². The summed E-state index contributed by atoms with van der Waals surface area (Å²) in [5, 5.41) is 6.26. The standard InChI is InChI=1S/C22H37N3O3S/c26-21(24-22-11-17-8-18(12-22)10-19(9-17)13-22)23-14-16-6-7-25(15-16)29(27,28)20-4-2-1-3-5-20/h16-20H,1-15H2,(H2,23,24,26). The molecule has 0 aromatic carbocycles. The number of carbonyl (C=O) groups excluding carboxylic acids is 1. The lowest BCUT2D eigenvalue weighted by molar-refractivity contribution is -0.0135. The third kappa shape index (κ3) is 4.06. The van der Waals surface area contributed by atoms with Crippen LogP contribution in [0.5, 0.6) is 0 Å². The number of urea groups is 1. The molecule has 6 nitrogen and oxygen atoms in total. The minimum absolute atomic E-state index is 0.0326. The van der Waals surface area contributed by atoms with E-state index >= 15 is 0 Å². The number of amides is 2. The van der Waals surface area contributed by atoms with E-state index in [4.69, 9.17) is 0 Å². The predicted octanol–water partition coefficient (Wildman–Crippen LogP) is 3.24. The molecule has 5 aliphatic carbocycles. The first kappa shape index (κ1) is 20.1. The largest absolute Gasteiger partial charge is 0.338 e. The summed E-state index contributed by atoms with van der Waals surface area (Å²) in [5.41, 5.74) is 0.0326. The SMILES string of the molecule is O=C(NCC1CCN(S(=O)(=O)C2CCCCC2)C1)NC12CC3CC(CC(C3)C1)C2. The molecule has 0 radical (unpaired) electrons. The van der Waals surface area contributed by atoms with E-state index in [1.807, 2.05) is 0 Å². The highest BCUT2D eigenvalue weighted by Gasteiger charge is 2.51. The van der Waals surface area contributed by atoms with Crippen molar-refractivity contribution in [3.8, 4) is 0 Å². The molecule has 2 N–H and O–H groups in total. The van der Waals surface area contributed by atoms with Gasteiger partial charge in [-0.05, 0) is 81.5 Å². The minimum atomic E-state index is -3.16. The second-order valence-corrected chi connectivity index (χ2v) is 13.1. The topological polar surface area (TPSA) is 78.5 Å². The zero-order chi connectivity index (χ0) is 20.1. The van der Waals surface area contributed by atoms with E-state index in [1.54, 1.807) is 4.31 Å². The summed E-state index contributed by atoms with van der Waals surface area (Å²) in [4.78, 5) is 12.7. The van der Waals surface area contributed by atoms with Crippen LogP contribution >= 0.6 is 0 Å². The Hall–Kier alpha value is -0.820. The Morgan fingerprint density at radius 3 is 2.17 bits per heavy atom. The van der Waals surface area contributed by atoms with E-state index in [-0.39, 0.29) is 22.7 Å². The van der Waals surface area contributed by atoms with Crippen LogP contribution in [-0.2, 0) is 10.0 Å². The van der Waals surface area contributed by atoms with Crippen molar-refractivity contribution >= 4 is 16.1 Å². The zero-order valence-electron chi connectivity index (χ0n) is 17.6. The quantitative estimate of drug-likeness (QED) is 0.712. The van der Waals surface area contributed by atoms with Gasteiger partial charge >= 0.3 is 6.03 Å². The van der Waals surface area contributed by atoms with Gasteiger partial charge in [0.1, 0.15) is 0 Å². The average Bonchev–Trinajstić information content (AvgIpc) is 3.16. The lowest BCUT2D eigenvalue weighted by Crippen LogP contribution is -2.61. The van der Waals surface area contributed by atoms with Crippen molar-refractivity contribution in [2.75, 3.05) is 19.6 Å². The molecular formula is C22H37N3O3S. The highest BCUT2D eigenvalue weighted by Crippen LogP contribution is 2.55. The third-order valence-corrected chi connectivity index (χ3v) is 10.9. The molecule has 0 spiro atoms. The Morgan fingerprint density at radius 2 is 1.55 bits per heavy atom. The van der Waals surface area contributed by atoms with Gasteiger partial charge < -0.3 is 10.6 Å². The van der Waals surface area contributed by atoms with Crippen LogP contribution in [0, 0.1) is 23.7 Å². The zero-order valence-corrected chi connectivity index (χ0v) is 18.4. The van der Waals surface area contributed by atoms with Gasteiger partial charge in [-0.25, -0.2) is 17.5 Å². The van der Waals surface area contributed by atoms with E-state index < -0.39 is 10.0 Å². The first-order valence-corrected chi connectivity index (χ1v) is 13.5. The van der Waals surface area contributed by atoms with Gasteiger partial charge in [-0.2, -0.15) is 0 Å². The lowest BCUT2D eigenvalue weighted by Gasteiger charge is -2.56. The maximum Gasteiger partial charge on any atom is 0.315 e. The van der Waals surface area contributed by atoms with E-state index in [0.717, 1.165) is 75.5 Å². The van der Waals surface area contributed by atoms with Crippen molar-refractivity contribution in [1.82, 2.24) is 14.9 Å². The molecular weight excluding hydrogens is 386 g/mol. The lowest BCUT2D eigenvalue weighted by atomic mass is 9.53. The maximum absolute atomic E-state index is 12.9. The number of nitrogens with zero attached hydrogens (tertiary/aromatic N) is 1. The third-order valence-electron chi connectivity index (χ3n) is 8.55. The van der Waals surface area contributed by atoms with Gasteiger partial charge in [0.15, 0.2) is 0 Å². The summed E-state index contributed by atoms with van der Waals surface area (Å²) in [6, 6.07) is -0.0412. The molecule has 2 amide bonds. The maximum atomic E-state index is 12.9. The first-order chi connectivity index (χ1) is 13.9. The van der Waals surface area contributed by atoms with E-state index in [2.05, 4.69) is 10.6 Å². The number of hydrogen-bond acceptors (Lipinski definition) is 3. The van der Waals surface area contributed by atoms with Gasteiger partial charge in [-0.3, -0.25) is 0 Å². The molecule has 1 heterocycles. The van der Waals surface area contributed by atoms with Crippen molar-refractivity contribution in [3.05, 3.63) is 0 Å². The molecule has 0 aromatic rings. The molecule has 6 rings (SSSR count). The highest BCUT2D eigenvalue weighted by atomic mass is 32.2. The number of sulfonamides is 1. The fraction of sp³-hybridized carbons (Fsp3) is 0.955. The van der Waals surface area contributed by atoms with E-state index in [1.165, 1.54) is 19.3 Å².